The number of carbonyl (C=O) groups is 1. The van der Waals surface area contributed by atoms with Crippen molar-refractivity contribution in [3.63, 3.8) is 0 Å². The smallest absolute Gasteiger partial charge is 0.224 e. The lowest BCUT2D eigenvalue weighted by atomic mass is 9.74. The standard InChI is InChI=1S/C26H46ClN5O4/c27-24-12-29-25(31-19-2-1-3-19)9-23(24)26(34)30-10-20(33)14-32-7-6-17-8-21(5-4-18(17)13-32)35-15-22-11-28-16-36-22/h17-25,28-29,31,33H,1-16H2,(H,30,34)/t17?,18?,20-,21?,22?,23?,24?,25?/m0/s1. The number of halogens is 1. The Labute approximate surface area is 220 Å². The largest absolute Gasteiger partial charge is 0.390 e. The van der Waals surface area contributed by atoms with Gasteiger partial charge in [-0.15, -0.1) is 11.6 Å². The second kappa shape index (κ2) is 13.0. The third-order valence-corrected chi connectivity index (χ3v) is 9.52. The molecule has 0 radical (unpaired) electrons. The number of hydrogen-bond donors (Lipinski definition) is 5. The van der Waals surface area contributed by atoms with Gasteiger partial charge in [0.15, 0.2) is 0 Å². The van der Waals surface area contributed by atoms with Crippen molar-refractivity contribution in [1.29, 1.82) is 0 Å². The van der Waals surface area contributed by atoms with Crippen LogP contribution in [0.3, 0.4) is 0 Å². The van der Waals surface area contributed by atoms with Gasteiger partial charge in [0.2, 0.25) is 5.91 Å². The molecule has 1 amide bonds. The summed E-state index contributed by atoms with van der Waals surface area (Å²) < 4.78 is 11.8. The minimum absolute atomic E-state index is 0.0354. The Morgan fingerprint density at radius 2 is 2.06 bits per heavy atom. The van der Waals surface area contributed by atoms with Crippen LogP contribution in [0.5, 0.6) is 0 Å². The van der Waals surface area contributed by atoms with Crippen molar-refractivity contribution in [3.05, 3.63) is 0 Å². The molecule has 36 heavy (non-hydrogen) atoms. The van der Waals surface area contributed by atoms with Crippen LogP contribution in [0.25, 0.3) is 0 Å². The molecule has 3 aliphatic heterocycles. The number of aliphatic hydroxyl groups is 1. The highest BCUT2D eigenvalue weighted by molar-refractivity contribution is 6.22. The predicted molar refractivity (Wildman–Crippen MR) is 139 cm³/mol. The normalized spacial score (nSPS) is 38.8. The van der Waals surface area contributed by atoms with E-state index in [0.29, 0.717) is 56.8 Å². The molecule has 8 atom stereocenters. The summed E-state index contributed by atoms with van der Waals surface area (Å²) in [7, 11) is 0. The maximum atomic E-state index is 12.9. The number of piperidine rings is 2. The van der Waals surface area contributed by atoms with Crippen LogP contribution >= 0.6 is 11.6 Å². The summed E-state index contributed by atoms with van der Waals surface area (Å²) in [6, 6.07) is 0.565. The van der Waals surface area contributed by atoms with E-state index in [9.17, 15) is 9.90 Å². The maximum absolute atomic E-state index is 12.9. The quantitative estimate of drug-likeness (QED) is 0.263. The molecule has 9 nitrogen and oxygen atoms in total. The Morgan fingerprint density at radius 3 is 2.83 bits per heavy atom. The monoisotopic (exact) mass is 527 g/mol. The number of rotatable bonds is 10. The number of carbonyl (C=O) groups excluding carboxylic acids is 1. The van der Waals surface area contributed by atoms with Gasteiger partial charge in [-0.1, -0.05) is 6.42 Å². The molecule has 0 aromatic carbocycles. The summed E-state index contributed by atoms with van der Waals surface area (Å²) >= 11 is 6.49. The number of hydrogen-bond acceptors (Lipinski definition) is 8. The molecule has 206 valence electrons. The lowest BCUT2D eigenvalue weighted by Gasteiger charge is -2.44. The zero-order chi connectivity index (χ0) is 24.9. The van der Waals surface area contributed by atoms with E-state index in [2.05, 4.69) is 26.2 Å². The number of fused-ring (bicyclic) bond motifs is 1. The van der Waals surface area contributed by atoms with Crippen LogP contribution in [-0.4, -0.2) is 104 Å². The van der Waals surface area contributed by atoms with Gasteiger partial charge in [-0.3, -0.25) is 15.4 Å². The van der Waals surface area contributed by atoms with Crippen LogP contribution in [0, 0.1) is 17.8 Å². The molecular weight excluding hydrogens is 482 g/mol. The van der Waals surface area contributed by atoms with E-state index in [1.807, 2.05) is 0 Å². The SMILES string of the molecule is O=C(NC[C@H](O)CN1CCC2CC(OCC3CNCO3)CCC2C1)C1CC(NC2CCC2)NCC1Cl. The molecule has 5 fully saturated rings. The number of ether oxygens (including phenoxy) is 2. The summed E-state index contributed by atoms with van der Waals surface area (Å²) in [4.78, 5) is 15.3. The number of nitrogens with zero attached hydrogens (tertiary/aromatic N) is 1. The number of aliphatic hydroxyl groups excluding tert-OH is 1. The van der Waals surface area contributed by atoms with Crippen molar-refractivity contribution in [1.82, 2.24) is 26.2 Å². The first kappa shape index (κ1) is 27.1. The first-order valence-electron chi connectivity index (χ1n) is 14.3. The molecule has 3 saturated heterocycles. The van der Waals surface area contributed by atoms with Gasteiger partial charge in [-0.2, -0.15) is 0 Å². The van der Waals surface area contributed by atoms with Crippen molar-refractivity contribution in [2.45, 2.75) is 87.3 Å². The van der Waals surface area contributed by atoms with Crippen molar-refractivity contribution in [2.75, 3.05) is 52.6 Å². The molecule has 0 spiro atoms. The maximum Gasteiger partial charge on any atom is 0.224 e. The van der Waals surface area contributed by atoms with E-state index in [0.717, 1.165) is 38.9 Å². The Morgan fingerprint density at radius 1 is 1.17 bits per heavy atom. The predicted octanol–water partition coefficient (Wildman–Crippen LogP) is 0.602. The fourth-order valence-corrected chi connectivity index (χ4v) is 6.93. The second-order valence-electron chi connectivity index (χ2n) is 11.7. The summed E-state index contributed by atoms with van der Waals surface area (Å²) in [5, 5.41) is 23.7. The highest BCUT2D eigenvalue weighted by Crippen LogP contribution is 2.37. The van der Waals surface area contributed by atoms with E-state index >= 15 is 0 Å². The second-order valence-corrected chi connectivity index (χ2v) is 12.3. The molecule has 2 saturated carbocycles. The summed E-state index contributed by atoms with van der Waals surface area (Å²) in [6.07, 6.45) is 9.12. The van der Waals surface area contributed by atoms with Crippen LogP contribution < -0.4 is 21.3 Å². The number of likely N-dealkylation sites (tertiary alicyclic amines) is 1. The molecular formula is C26H46ClN5O4. The minimum atomic E-state index is -0.565. The Bertz CT molecular complexity index is 710. The molecule has 7 unspecified atom stereocenters. The molecule has 5 aliphatic rings. The van der Waals surface area contributed by atoms with Crippen molar-refractivity contribution in [2.24, 2.45) is 17.8 Å². The third kappa shape index (κ3) is 7.32. The molecule has 0 aromatic rings. The molecule has 2 aliphatic carbocycles. The van der Waals surface area contributed by atoms with Crippen molar-refractivity contribution < 1.29 is 19.4 Å². The van der Waals surface area contributed by atoms with Gasteiger partial charge in [0, 0.05) is 38.8 Å². The topological polar surface area (TPSA) is 107 Å². The van der Waals surface area contributed by atoms with E-state index in [-0.39, 0.29) is 36.0 Å². The Hall–Kier alpha value is -0.520. The molecule has 0 aromatic heterocycles. The Balaban J connectivity index is 0.985. The summed E-state index contributed by atoms with van der Waals surface area (Å²) in [6.45, 7) is 5.77. The van der Waals surface area contributed by atoms with Gasteiger partial charge in [0.25, 0.3) is 0 Å². The summed E-state index contributed by atoms with van der Waals surface area (Å²) in [5.74, 6) is 1.12. The summed E-state index contributed by atoms with van der Waals surface area (Å²) in [5.41, 5.74) is 0. The molecule has 0 bridgehead atoms. The van der Waals surface area contributed by atoms with Gasteiger partial charge >= 0.3 is 0 Å². The number of alkyl halides is 1. The van der Waals surface area contributed by atoms with E-state index < -0.39 is 6.10 Å². The van der Waals surface area contributed by atoms with Crippen LogP contribution in [0.1, 0.15) is 51.4 Å². The van der Waals surface area contributed by atoms with Crippen LogP contribution in [-0.2, 0) is 14.3 Å². The van der Waals surface area contributed by atoms with E-state index in [1.165, 1.54) is 25.7 Å². The minimum Gasteiger partial charge on any atom is -0.390 e. The van der Waals surface area contributed by atoms with Crippen LogP contribution in [0.4, 0.5) is 0 Å². The lowest BCUT2D eigenvalue weighted by Crippen LogP contribution is -2.58. The molecule has 5 N–H and O–H groups in total. The van der Waals surface area contributed by atoms with Gasteiger partial charge in [-0.25, -0.2) is 0 Å². The van der Waals surface area contributed by atoms with E-state index in [4.69, 9.17) is 21.1 Å². The molecule has 5 rings (SSSR count). The zero-order valence-electron chi connectivity index (χ0n) is 21.5. The third-order valence-electron chi connectivity index (χ3n) is 9.06. The Kier molecular flexibility index (Phi) is 9.79. The highest BCUT2D eigenvalue weighted by atomic mass is 35.5. The van der Waals surface area contributed by atoms with Gasteiger partial charge < -0.3 is 30.1 Å². The number of nitrogens with one attached hydrogen (secondary N) is 4. The van der Waals surface area contributed by atoms with Crippen molar-refractivity contribution in [3.8, 4) is 0 Å². The van der Waals surface area contributed by atoms with Crippen LogP contribution in [0.15, 0.2) is 0 Å². The number of amides is 1. The molecule has 3 heterocycles. The average Bonchev–Trinajstić information content (AvgIpc) is 3.38. The average molecular weight is 528 g/mol. The first-order valence-corrected chi connectivity index (χ1v) is 14.7. The highest BCUT2D eigenvalue weighted by Gasteiger charge is 2.37. The van der Waals surface area contributed by atoms with Gasteiger partial charge in [0.1, 0.15) is 0 Å². The fraction of sp³-hybridized carbons (Fsp3) is 0.962. The lowest BCUT2D eigenvalue weighted by molar-refractivity contribution is -0.126. The van der Waals surface area contributed by atoms with E-state index in [1.54, 1.807) is 0 Å². The fourth-order valence-electron chi connectivity index (χ4n) is 6.62. The van der Waals surface area contributed by atoms with Crippen LogP contribution in [0.2, 0.25) is 0 Å². The van der Waals surface area contributed by atoms with Gasteiger partial charge in [0.05, 0.1) is 49.1 Å². The zero-order valence-corrected chi connectivity index (χ0v) is 22.3. The van der Waals surface area contributed by atoms with Gasteiger partial charge in [-0.05, 0) is 63.3 Å². The molecule has 10 heteroatoms. The number of β-amino-alcohol motifs (C(OH)–C–C–N with tert-alkyl or cyclic N) is 1. The first-order chi connectivity index (χ1) is 17.5. The van der Waals surface area contributed by atoms with Crippen molar-refractivity contribution >= 4 is 17.5 Å².